The Balaban J connectivity index is 1.62. The number of thiazole rings is 1. The molecule has 1 aromatic heterocycles. The van der Waals surface area contributed by atoms with Crippen LogP contribution in [-0.2, 0) is 6.42 Å². The number of piperidine rings is 1. The quantitative estimate of drug-likeness (QED) is 0.853. The molecular weight excluding hydrogens is 344 g/mol. The number of halogens is 1. The highest BCUT2D eigenvalue weighted by atomic mass is 35.5. The largest absolute Gasteiger partial charge is 0.375 e. The molecule has 0 radical (unpaired) electrons. The Hall–Kier alpha value is -1.79. The van der Waals surface area contributed by atoms with Crippen LogP contribution in [0.15, 0.2) is 23.6 Å². The first-order chi connectivity index (χ1) is 11.6. The van der Waals surface area contributed by atoms with Crippen LogP contribution in [0, 0.1) is 0 Å². The molecule has 5 nitrogen and oxygen atoms in total. The fourth-order valence-electron chi connectivity index (χ4n) is 2.87. The maximum atomic E-state index is 12.4. The molecule has 0 unspecified atom stereocenters. The molecule has 128 valence electrons. The summed E-state index contributed by atoms with van der Waals surface area (Å²) < 4.78 is 0. The predicted molar refractivity (Wildman–Crippen MR) is 100 cm³/mol. The van der Waals surface area contributed by atoms with Gasteiger partial charge >= 0.3 is 0 Å². The summed E-state index contributed by atoms with van der Waals surface area (Å²) in [5.74, 6) is -0.151. The van der Waals surface area contributed by atoms with Crippen LogP contribution in [0.3, 0.4) is 0 Å². The van der Waals surface area contributed by atoms with Crippen LogP contribution in [-0.4, -0.2) is 30.5 Å². The van der Waals surface area contributed by atoms with E-state index in [1.165, 1.54) is 30.6 Å². The van der Waals surface area contributed by atoms with E-state index in [-0.39, 0.29) is 5.91 Å². The van der Waals surface area contributed by atoms with Crippen molar-refractivity contribution in [2.75, 3.05) is 30.3 Å². The van der Waals surface area contributed by atoms with Crippen molar-refractivity contribution in [2.24, 2.45) is 0 Å². The zero-order chi connectivity index (χ0) is 16.9. The second-order valence-electron chi connectivity index (χ2n) is 5.89. The summed E-state index contributed by atoms with van der Waals surface area (Å²) in [5.41, 5.74) is 8.09. The highest BCUT2D eigenvalue weighted by Crippen LogP contribution is 2.25. The Labute approximate surface area is 150 Å². The van der Waals surface area contributed by atoms with Crippen molar-refractivity contribution >= 4 is 39.7 Å². The van der Waals surface area contributed by atoms with E-state index in [9.17, 15) is 4.79 Å². The summed E-state index contributed by atoms with van der Waals surface area (Å²) in [6, 6.07) is 5.69. The van der Waals surface area contributed by atoms with Crippen molar-refractivity contribution in [3.8, 4) is 0 Å². The van der Waals surface area contributed by atoms with Gasteiger partial charge < -0.3 is 16.0 Å². The maximum Gasteiger partial charge on any atom is 0.252 e. The fourth-order valence-corrected chi connectivity index (χ4v) is 3.67. The average Bonchev–Trinajstić information content (AvgIpc) is 3.01. The van der Waals surface area contributed by atoms with Gasteiger partial charge in [-0.15, -0.1) is 11.3 Å². The van der Waals surface area contributed by atoms with Crippen LogP contribution >= 0.6 is 22.9 Å². The predicted octanol–water partition coefficient (Wildman–Crippen LogP) is 3.34. The molecule has 3 N–H and O–H groups in total. The van der Waals surface area contributed by atoms with Gasteiger partial charge in [0.25, 0.3) is 5.91 Å². The molecule has 2 heterocycles. The molecule has 1 amide bonds. The summed E-state index contributed by atoms with van der Waals surface area (Å²) in [6.45, 7) is 2.58. The average molecular weight is 365 g/mol. The summed E-state index contributed by atoms with van der Waals surface area (Å²) in [7, 11) is 0. The minimum absolute atomic E-state index is 0.151. The molecule has 1 fully saturated rings. The zero-order valence-corrected chi connectivity index (χ0v) is 15.0. The Morgan fingerprint density at radius 2 is 2.12 bits per heavy atom. The van der Waals surface area contributed by atoms with Gasteiger partial charge in [0.05, 0.1) is 16.3 Å². The number of hydrogen-bond donors (Lipinski definition) is 2. The van der Waals surface area contributed by atoms with Crippen molar-refractivity contribution in [2.45, 2.75) is 25.7 Å². The molecule has 1 aromatic carbocycles. The topological polar surface area (TPSA) is 71.2 Å². The Kier molecular flexibility index (Phi) is 5.58. The molecule has 1 aliphatic heterocycles. The lowest BCUT2D eigenvalue weighted by Crippen LogP contribution is -2.30. The number of nitrogens with two attached hydrogens (primary N) is 1. The van der Waals surface area contributed by atoms with Crippen LogP contribution in [0.25, 0.3) is 0 Å². The second-order valence-corrected chi connectivity index (χ2v) is 7.19. The van der Waals surface area contributed by atoms with E-state index in [2.05, 4.69) is 15.2 Å². The smallest absolute Gasteiger partial charge is 0.252 e. The molecule has 24 heavy (non-hydrogen) atoms. The van der Waals surface area contributed by atoms with E-state index >= 15 is 0 Å². The van der Waals surface area contributed by atoms with Crippen molar-refractivity contribution in [3.63, 3.8) is 0 Å². The van der Waals surface area contributed by atoms with E-state index < -0.39 is 0 Å². The standard InChI is InChI=1S/C17H21ClN4OS/c18-15-5-4-13(22-8-2-1-3-9-22)10-14(15)16(23)20-7-6-12-11-24-17(19)21-12/h4-5,10-11H,1-3,6-9H2,(H2,19,21)(H,20,23). The van der Waals surface area contributed by atoms with Crippen LogP contribution in [0.1, 0.15) is 35.3 Å². The molecule has 0 saturated carbocycles. The highest BCUT2D eigenvalue weighted by molar-refractivity contribution is 7.13. The van der Waals surface area contributed by atoms with E-state index in [0.29, 0.717) is 28.7 Å². The Morgan fingerprint density at radius 1 is 1.33 bits per heavy atom. The number of nitrogen functional groups attached to an aromatic ring is 1. The van der Waals surface area contributed by atoms with Gasteiger partial charge in [0, 0.05) is 37.1 Å². The number of aromatic nitrogens is 1. The summed E-state index contributed by atoms with van der Waals surface area (Å²) in [4.78, 5) is 18.9. The molecule has 0 spiro atoms. The van der Waals surface area contributed by atoms with Gasteiger partial charge in [-0.3, -0.25) is 4.79 Å². The van der Waals surface area contributed by atoms with E-state index in [0.717, 1.165) is 24.5 Å². The molecule has 2 aromatic rings. The van der Waals surface area contributed by atoms with Crippen LogP contribution in [0.4, 0.5) is 10.8 Å². The summed E-state index contributed by atoms with van der Waals surface area (Å²) in [6.07, 6.45) is 4.32. The third-order valence-electron chi connectivity index (χ3n) is 4.15. The monoisotopic (exact) mass is 364 g/mol. The van der Waals surface area contributed by atoms with Crippen LogP contribution in [0.2, 0.25) is 5.02 Å². The third kappa shape index (κ3) is 4.19. The number of rotatable bonds is 5. The van der Waals surface area contributed by atoms with Crippen molar-refractivity contribution in [1.82, 2.24) is 10.3 Å². The first-order valence-electron chi connectivity index (χ1n) is 8.16. The van der Waals surface area contributed by atoms with Gasteiger partial charge in [0.2, 0.25) is 0 Å². The summed E-state index contributed by atoms with van der Waals surface area (Å²) in [5, 5.41) is 5.85. The number of carbonyl (C=O) groups is 1. The van der Waals surface area contributed by atoms with Crippen molar-refractivity contribution in [1.29, 1.82) is 0 Å². The number of anilines is 2. The fraction of sp³-hybridized carbons (Fsp3) is 0.412. The van der Waals surface area contributed by atoms with Gasteiger partial charge in [0.1, 0.15) is 0 Å². The minimum atomic E-state index is -0.151. The molecule has 0 atom stereocenters. The van der Waals surface area contributed by atoms with Crippen LogP contribution < -0.4 is 16.0 Å². The van der Waals surface area contributed by atoms with Crippen molar-refractivity contribution < 1.29 is 4.79 Å². The van der Waals surface area contributed by atoms with E-state index in [1.807, 2.05) is 23.6 Å². The first kappa shape index (κ1) is 17.0. The van der Waals surface area contributed by atoms with Gasteiger partial charge in [-0.25, -0.2) is 4.98 Å². The van der Waals surface area contributed by atoms with Gasteiger partial charge in [-0.1, -0.05) is 11.6 Å². The lowest BCUT2D eigenvalue weighted by atomic mass is 10.1. The molecular formula is C17H21ClN4OS. The van der Waals surface area contributed by atoms with E-state index in [1.54, 1.807) is 0 Å². The SMILES string of the molecule is Nc1nc(CCNC(=O)c2cc(N3CCCCC3)ccc2Cl)cs1. The minimum Gasteiger partial charge on any atom is -0.375 e. The number of nitrogens with one attached hydrogen (secondary N) is 1. The maximum absolute atomic E-state index is 12.4. The normalized spacial score (nSPS) is 14.6. The number of hydrogen-bond acceptors (Lipinski definition) is 5. The number of benzene rings is 1. The zero-order valence-electron chi connectivity index (χ0n) is 13.4. The molecule has 1 saturated heterocycles. The third-order valence-corrected chi connectivity index (χ3v) is 5.20. The Bertz CT molecular complexity index is 712. The summed E-state index contributed by atoms with van der Waals surface area (Å²) >= 11 is 7.63. The van der Waals surface area contributed by atoms with Gasteiger partial charge in [-0.05, 0) is 37.5 Å². The molecule has 0 bridgehead atoms. The lowest BCUT2D eigenvalue weighted by molar-refractivity contribution is 0.0954. The van der Waals surface area contributed by atoms with Crippen molar-refractivity contribution in [3.05, 3.63) is 39.9 Å². The molecule has 1 aliphatic rings. The molecule has 7 heteroatoms. The number of amides is 1. The lowest BCUT2D eigenvalue weighted by Gasteiger charge is -2.29. The molecule has 0 aliphatic carbocycles. The van der Waals surface area contributed by atoms with E-state index in [4.69, 9.17) is 17.3 Å². The first-order valence-corrected chi connectivity index (χ1v) is 9.42. The Morgan fingerprint density at radius 3 is 2.83 bits per heavy atom. The number of carbonyl (C=O) groups excluding carboxylic acids is 1. The highest BCUT2D eigenvalue weighted by Gasteiger charge is 2.16. The molecule has 3 rings (SSSR count). The van der Waals surface area contributed by atoms with Crippen LogP contribution in [0.5, 0.6) is 0 Å². The number of nitrogens with zero attached hydrogens (tertiary/aromatic N) is 2. The van der Waals surface area contributed by atoms with Gasteiger partial charge in [0.15, 0.2) is 5.13 Å². The van der Waals surface area contributed by atoms with Gasteiger partial charge in [-0.2, -0.15) is 0 Å². The second kappa shape index (κ2) is 7.85.